The summed E-state index contributed by atoms with van der Waals surface area (Å²) in [4.78, 5) is 33.4. The molecule has 228 valence electrons. The molecule has 0 unspecified atom stereocenters. The van der Waals surface area contributed by atoms with Gasteiger partial charge in [0.1, 0.15) is 30.8 Å². The minimum absolute atomic E-state index is 0.0891. The van der Waals surface area contributed by atoms with E-state index < -0.39 is 11.4 Å². The average molecular weight is 640 g/mol. The number of amides is 2. The highest BCUT2D eigenvalue weighted by Gasteiger charge is 2.39. The van der Waals surface area contributed by atoms with E-state index in [0.29, 0.717) is 74.9 Å². The second-order valence-electron chi connectivity index (χ2n) is 11.1. The van der Waals surface area contributed by atoms with Gasteiger partial charge in [0.25, 0.3) is 11.8 Å². The Morgan fingerprint density at radius 1 is 1.05 bits per heavy atom. The molecule has 4 heterocycles. The molecule has 0 bridgehead atoms. The Balaban J connectivity index is 1.60. The molecule has 6 rings (SSSR count). The monoisotopic (exact) mass is 638 g/mol. The maximum atomic E-state index is 14.1. The summed E-state index contributed by atoms with van der Waals surface area (Å²) in [6.45, 7) is 5.26. The molecule has 4 aromatic rings. The molecule has 0 radical (unpaired) electrons. The summed E-state index contributed by atoms with van der Waals surface area (Å²) in [7, 11) is 3.02. The molecular weight excluding hydrogens is 609 g/mol. The molecular formula is C31H30Cl2N5O6+. The standard InChI is InChI=1S/C31H29Cl2N5O6/c1-31(2)16-43-6-5-37(31)30(40)27-24-15-44-26-12-25(41-3)22(17-7-18(29(34)39)14-36(13-17)42-4)11-23(26)28(24)38(35-27)21-9-19(32)8-20(33)10-21/h7-14H,5-6,15-16H2,1-4H3,(H-,34,39)/p+1. The molecule has 1 fully saturated rings. The molecule has 13 heteroatoms. The fourth-order valence-corrected chi connectivity index (χ4v) is 6.11. The first-order valence-corrected chi connectivity index (χ1v) is 14.5. The summed E-state index contributed by atoms with van der Waals surface area (Å²) in [5, 5.41) is 5.69. The molecule has 2 aliphatic rings. The third kappa shape index (κ3) is 5.21. The number of rotatable bonds is 6. The number of hydrogen-bond acceptors (Lipinski definition) is 7. The van der Waals surface area contributed by atoms with Gasteiger partial charge in [-0.2, -0.15) is 5.10 Å². The van der Waals surface area contributed by atoms with E-state index in [2.05, 4.69) is 0 Å². The number of hydrogen-bond donors (Lipinski definition) is 1. The number of primary amides is 1. The van der Waals surface area contributed by atoms with Crippen LogP contribution < -0.4 is 24.8 Å². The lowest BCUT2D eigenvalue weighted by Gasteiger charge is -2.41. The number of benzene rings is 2. The number of fused-ring (bicyclic) bond motifs is 3. The van der Waals surface area contributed by atoms with Gasteiger partial charge in [-0.3, -0.25) is 14.4 Å². The van der Waals surface area contributed by atoms with Crippen molar-refractivity contribution in [3.05, 3.63) is 75.7 Å². The molecule has 11 nitrogen and oxygen atoms in total. The summed E-state index contributed by atoms with van der Waals surface area (Å²) >= 11 is 12.8. The van der Waals surface area contributed by atoms with Crippen LogP contribution in [0.1, 0.15) is 40.3 Å². The Hall–Kier alpha value is -4.32. The number of pyridine rings is 1. The van der Waals surface area contributed by atoms with Crippen LogP contribution in [0.3, 0.4) is 0 Å². The van der Waals surface area contributed by atoms with E-state index in [-0.39, 0.29) is 23.8 Å². The fraction of sp³-hybridized carbons (Fsp3) is 0.290. The molecule has 0 aliphatic carbocycles. The SMILES string of the molecule is COc1cc2c(cc1-c1cc(C(N)=O)c[n+](OC)c1)-c1c(c(C(=O)N3CCOCC3(C)C)nn1-c1cc(Cl)cc(Cl)c1)CO2. The number of carbonyl (C=O) groups is 2. The van der Waals surface area contributed by atoms with Crippen molar-refractivity contribution in [3.63, 3.8) is 0 Å². The lowest BCUT2D eigenvalue weighted by atomic mass is 9.95. The maximum Gasteiger partial charge on any atom is 0.275 e. The van der Waals surface area contributed by atoms with E-state index in [1.807, 2.05) is 19.9 Å². The Morgan fingerprint density at radius 2 is 1.80 bits per heavy atom. The van der Waals surface area contributed by atoms with Gasteiger partial charge in [-0.1, -0.05) is 23.2 Å². The van der Waals surface area contributed by atoms with E-state index in [1.54, 1.807) is 53.2 Å². The third-order valence-corrected chi connectivity index (χ3v) is 8.18. The number of aromatic nitrogens is 3. The zero-order valence-corrected chi connectivity index (χ0v) is 26.0. The number of morpholine rings is 1. The molecule has 1 saturated heterocycles. The summed E-state index contributed by atoms with van der Waals surface area (Å²) in [5.41, 5.74) is 9.22. The van der Waals surface area contributed by atoms with E-state index in [4.69, 9.17) is 53.1 Å². The first kappa shape index (κ1) is 29.7. The molecule has 2 aliphatic heterocycles. The lowest BCUT2D eigenvalue weighted by molar-refractivity contribution is -0.885. The number of ether oxygens (including phenoxy) is 3. The highest BCUT2D eigenvalue weighted by atomic mass is 35.5. The fourth-order valence-electron chi connectivity index (χ4n) is 5.60. The Bertz CT molecular complexity index is 1800. The predicted molar refractivity (Wildman–Crippen MR) is 162 cm³/mol. The molecule has 44 heavy (non-hydrogen) atoms. The van der Waals surface area contributed by atoms with Crippen LogP contribution in [0.4, 0.5) is 0 Å². The van der Waals surface area contributed by atoms with E-state index in [0.717, 1.165) is 0 Å². The van der Waals surface area contributed by atoms with E-state index >= 15 is 0 Å². The molecule has 2 aromatic carbocycles. The third-order valence-electron chi connectivity index (χ3n) is 7.75. The number of methoxy groups -OCH3 is 1. The van der Waals surface area contributed by atoms with Crippen molar-refractivity contribution in [2.24, 2.45) is 5.73 Å². The van der Waals surface area contributed by atoms with Crippen LogP contribution in [0.15, 0.2) is 48.8 Å². The van der Waals surface area contributed by atoms with Crippen LogP contribution in [-0.2, 0) is 11.3 Å². The average Bonchev–Trinajstić information content (AvgIpc) is 3.39. The van der Waals surface area contributed by atoms with E-state index in [1.165, 1.54) is 18.0 Å². The summed E-state index contributed by atoms with van der Waals surface area (Å²) in [5.74, 6) is 0.145. The molecule has 2 aromatic heterocycles. The number of halogens is 2. The van der Waals surface area contributed by atoms with Crippen LogP contribution >= 0.6 is 23.2 Å². The van der Waals surface area contributed by atoms with Crippen LogP contribution in [0, 0.1) is 0 Å². The van der Waals surface area contributed by atoms with Gasteiger partial charge in [0, 0.05) is 44.1 Å². The van der Waals surface area contributed by atoms with Crippen molar-refractivity contribution in [1.82, 2.24) is 14.7 Å². The smallest absolute Gasteiger partial charge is 0.275 e. The van der Waals surface area contributed by atoms with Crippen molar-refractivity contribution in [1.29, 1.82) is 0 Å². The largest absolute Gasteiger partial charge is 0.496 e. The van der Waals surface area contributed by atoms with Gasteiger partial charge in [-0.15, -0.1) is 0 Å². The summed E-state index contributed by atoms with van der Waals surface area (Å²) in [6.07, 6.45) is 3.19. The minimum Gasteiger partial charge on any atom is -0.496 e. The van der Waals surface area contributed by atoms with Gasteiger partial charge in [0.05, 0.1) is 42.8 Å². The molecule has 2 amide bonds. The van der Waals surface area contributed by atoms with Gasteiger partial charge in [0.2, 0.25) is 12.4 Å². The maximum absolute atomic E-state index is 14.1. The highest BCUT2D eigenvalue weighted by molar-refractivity contribution is 6.34. The second kappa shape index (κ2) is 11.3. The summed E-state index contributed by atoms with van der Waals surface area (Å²) in [6, 6.07) is 10.4. The van der Waals surface area contributed by atoms with Gasteiger partial charge >= 0.3 is 0 Å². The number of nitrogens with zero attached hydrogens (tertiary/aromatic N) is 4. The van der Waals surface area contributed by atoms with Gasteiger partial charge < -0.3 is 24.8 Å². The number of carbonyl (C=O) groups excluding carboxylic acids is 2. The first-order valence-electron chi connectivity index (χ1n) is 13.7. The van der Waals surface area contributed by atoms with Crippen molar-refractivity contribution < 1.29 is 33.4 Å². The van der Waals surface area contributed by atoms with Gasteiger partial charge in [-0.05, 0) is 44.2 Å². The Morgan fingerprint density at radius 3 is 2.45 bits per heavy atom. The quantitative estimate of drug-likeness (QED) is 0.315. The number of nitrogens with two attached hydrogens (primary N) is 1. The topological polar surface area (TPSA) is 122 Å². The second-order valence-corrected chi connectivity index (χ2v) is 12.0. The zero-order valence-electron chi connectivity index (χ0n) is 24.5. The zero-order chi connectivity index (χ0) is 31.3. The van der Waals surface area contributed by atoms with Crippen LogP contribution in [0.5, 0.6) is 11.5 Å². The summed E-state index contributed by atoms with van der Waals surface area (Å²) < 4.78 is 20.7. The molecule has 0 spiro atoms. The van der Waals surface area contributed by atoms with Crippen molar-refractivity contribution in [2.75, 3.05) is 34.0 Å². The molecule has 0 atom stereocenters. The van der Waals surface area contributed by atoms with Gasteiger partial charge in [0.15, 0.2) is 5.69 Å². The normalized spacial score (nSPS) is 15.2. The minimum atomic E-state index is -0.620. The van der Waals surface area contributed by atoms with Crippen molar-refractivity contribution in [2.45, 2.75) is 26.0 Å². The highest BCUT2D eigenvalue weighted by Crippen LogP contribution is 2.46. The molecule has 0 saturated carbocycles. The van der Waals surface area contributed by atoms with Crippen molar-refractivity contribution in [3.8, 4) is 39.6 Å². The van der Waals surface area contributed by atoms with Crippen molar-refractivity contribution >= 4 is 35.0 Å². The lowest BCUT2D eigenvalue weighted by Crippen LogP contribution is -2.55. The van der Waals surface area contributed by atoms with Crippen LogP contribution in [0.25, 0.3) is 28.1 Å². The Labute approximate surface area is 263 Å². The first-order chi connectivity index (χ1) is 21.0. The van der Waals surface area contributed by atoms with Crippen LogP contribution in [0.2, 0.25) is 10.0 Å². The van der Waals surface area contributed by atoms with Gasteiger partial charge in [-0.25, -0.2) is 4.68 Å². The Kier molecular flexibility index (Phi) is 7.64. The molecule has 2 N–H and O–H groups in total. The van der Waals surface area contributed by atoms with E-state index in [9.17, 15) is 9.59 Å². The predicted octanol–water partition coefficient (Wildman–Crippen LogP) is 4.11. The van der Waals surface area contributed by atoms with Crippen LogP contribution in [-0.4, -0.2) is 66.0 Å².